The summed E-state index contributed by atoms with van der Waals surface area (Å²) in [5, 5.41) is 9.79. The standard InChI is InChI=1S/C12H19F3O/c1-8(2)7-11(16)9-3-5-10(6-4-9)12(13,14)15/h9-11,16H,1,3-7H2,2H3. The van der Waals surface area contributed by atoms with Gasteiger partial charge < -0.3 is 5.11 Å². The number of aliphatic hydroxyl groups excluding tert-OH is 1. The second kappa shape index (κ2) is 5.21. The van der Waals surface area contributed by atoms with Crippen molar-refractivity contribution in [3.05, 3.63) is 12.2 Å². The van der Waals surface area contributed by atoms with E-state index in [0.717, 1.165) is 5.57 Å². The van der Waals surface area contributed by atoms with Gasteiger partial charge in [-0.15, -0.1) is 6.58 Å². The smallest absolute Gasteiger partial charge is 0.391 e. The number of rotatable bonds is 3. The lowest BCUT2D eigenvalue weighted by Gasteiger charge is -2.32. The lowest BCUT2D eigenvalue weighted by molar-refractivity contribution is -0.185. The van der Waals surface area contributed by atoms with Crippen LogP contribution in [0.15, 0.2) is 12.2 Å². The van der Waals surface area contributed by atoms with Crippen molar-refractivity contribution >= 4 is 0 Å². The molecule has 1 nitrogen and oxygen atoms in total. The Balaban J connectivity index is 2.40. The van der Waals surface area contributed by atoms with Crippen LogP contribution in [0.3, 0.4) is 0 Å². The summed E-state index contributed by atoms with van der Waals surface area (Å²) < 4.78 is 37.2. The third-order valence-electron chi connectivity index (χ3n) is 3.34. The molecule has 1 fully saturated rings. The zero-order valence-corrected chi connectivity index (χ0v) is 9.56. The molecule has 0 heterocycles. The lowest BCUT2D eigenvalue weighted by Crippen LogP contribution is -2.32. The summed E-state index contributed by atoms with van der Waals surface area (Å²) in [5.74, 6) is -1.16. The van der Waals surface area contributed by atoms with Gasteiger partial charge in [0.25, 0.3) is 0 Å². The van der Waals surface area contributed by atoms with Gasteiger partial charge in [0.05, 0.1) is 12.0 Å². The van der Waals surface area contributed by atoms with Crippen molar-refractivity contribution in [1.29, 1.82) is 0 Å². The fourth-order valence-electron chi connectivity index (χ4n) is 2.35. The van der Waals surface area contributed by atoms with E-state index in [0.29, 0.717) is 19.3 Å². The summed E-state index contributed by atoms with van der Waals surface area (Å²) in [6.45, 7) is 5.53. The molecule has 0 aromatic rings. The van der Waals surface area contributed by atoms with Crippen LogP contribution in [-0.4, -0.2) is 17.4 Å². The van der Waals surface area contributed by atoms with Crippen molar-refractivity contribution in [3.8, 4) is 0 Å². The van der Waals surface area contributed by atoms with Crippen molar-refractivity contribution in [2.24, 2.45) is 11.8 Å². The molecule has 0 spiro atoms. The van der Waals surface area contributed by atoms with Crippen LogP contribution >= 0.6 is 0 Å². The Bertz CT molecular complexity index is 239. The van der Waals surface area contributed by atoms with Crippen LogP contribution in [-0.2, 0) is 0 Å². The van der Waals surface area contributed by atoms with Crippen LogP contribution in [0.4, 0.5) is 13.2 Å². The SMILES string of the molecule is C=C(C)CC(O)C1CCC(C(F)(F)F)CC1. The molecule has 0 aromatic heterocycles. The molecule has 1 N–H and O–H groups in total. The van der Waals surface area contributed by atoms with Crippen molar-refractivity contribution in [2.75, 3.05) is 0 Å². The average Bonchev–Trinajstić information content (AvgIpc) is 2.15. The molecule has 0 amide bonds. The van der Waals surface area contributed by atoms with Gasteiger partial charge in [-0.25, -0.2) is 0 Å². The van der Waals surface area contributed by atoms with Crippen LogP contribution < -0.4 is 0 Å². The highest BCUT2D eigenvalue weighted by molar-refractivity contribution is 4.93. The van der Waals surface area contributed by atoms with Gasteiger partial charge in [0.1, 0.15) is 0 Å². The highest BCUT2D eigenvalue weighted by atomic mass is 19.4. The van der Waals surface area contributed by atoms with Gasteiger partial charge in [-0.1, -0.05) is 5.57 Å². The monoisotopic (exact) mass is 236 g/mol. The molecule has 0 aliphatic heterocycles. The molecule has 0 bridgehead atoms. The van der Waals surface area contributed by atoms with Crippen LogP contribution in [0, 0.1) is 11.8 Å². The zero-order valence-electron chi connectivity index (χ0n) is 9.56. The number of aliphatic hydroxyl groups is 1. The van der Waals surface area contributed by atoms with Crippen LogP contribution in [0.2, 0.25) is 0 Å². The first-order valence-electron chi connectivity index (χ1n) is 5.70. The number of hydrogen-bond acceptors (Lipinski definition) is 1. The normalized spacial score (nSPS) is 28.8. The van der Waals surface area contributed by atoms with E-state index < -0.39 is 18.2 Å². The molecule has 1 atom stereocenters. The minimum atomic E-state index is -4.07. The third-order valence-corrected chi connectivity index (χ3v) is 3.34. The Kier molecular flexibility index (Phi) is 4.42. The largest absolute Gasteiger partial charge is 0.393 e. The maximum Gasteiger partial charge on any atom is 0.391 e. The minimum absolute atomic E-state index is 0.00954. The molecule has 94 valence electrons. The number of alkyl halides is 3. The molecular formula is C12H19F3O. The zero-order chi connectivity index (χ0) is 12.3. The topological polar surface area (TPSA) is 20.2 Å². The fourth-order valence-corrected chi connectivity index (χ4v) is 2.35. The highest BCUT2D eigenvalue weighted by Gasteiger charge is 2.42. The van der Waals surface area contributed by atoms with E-state index in [9.17, 15) is 18.3 Å². The van der Waals surface area contributed by atoms with E-state index in [4.69, 9.17) is 0 Å². The molecule has 1 saturated carbocycles. The Labute approximate surface area is 94.3 Å². The van der Waals surface area contributed by atoms with Crippen molar-refractivity contribution in [2.45, 2.75) is 51.3 Å². The molecule has 0 radical (unpaired) electrons. The first-order chi connectivity index (χ1) is 7.30. The maximum atomic E-state index is 12.4. The summed E-state index contributed by atoms with van der Waals surface area (Å²) in [6.07, 6.45) is -2.84. The van der Waals surface area contributed by atoms with Gasteiger partial charge >= 0.3 is 6.18 Å². The van der Waals surface area contributed by atoms with Crippen LogP contribution in [0.5, 0.6) is 0 Å². The van der Waals surface area contributed by atoms with Crippen molar-refractivity contribution in [1.82, 2.24) is 0 Å². The number of hydrogen-bond donors (Lipinski definition) is 1. The van der Waals surface area contributed by atoms with Gasteiger partial charge in [-0.3, -0.25) is 0 Å². The summed E-state index contributed by atoms with van der Waals surface area (Å²) >= 11 is 0. The summed E-state index contributed by atoms with van der Waals surface area (Å²) in [5.41, 5.74) is 0.880. The predicted octanol–water partition coefficient (Wildman–Crippen LogP) is 3.68. The highest BCUT2D eigenvalue weighted by Crippen LogP contribution is 2.40. The second-order valence-corrected chi connectivity index (χ2v) is 4.88. The molecule has 0 saturated heterocycles. The van der Waals surface area contributed by atoms with Crippen LogP contribution in [0.25, 0.3) is 0 Å². The van der Waals surface area contributed by atoms with Gasteiger partial charge in [0.15, 0.2) is 0 Å². The Morgan fingerprint density at radius 1 is 1.31 bits per heavy atom. The molecule has 4 heteroatoms. The second-order valence-electron chi connectivity index (χ2n) is 4.88. The first-order valence-corrected chi connectivity index (χ1v) is 5.70. The Morgan fingerprint density at radius 3 is 2.19 bits per heavy atom. The molecule has 1 unspecified atom stereocenters. The third kappa shape index (κ3) is 3.81. The predicted molar refractivity (Wildman–Crippen MR) is 56.9 cm³/mol. The summed E-state index contributed by atoms with van der Waals surface area (Å²) in [4.78, 5) is 0. The number of halogens is 3. The van der Waals surface area contributed by atoms with Crippen molar-refractivity contribution in [3.63, 3.8) is 0 Å². The van der Waals surface area contributed by atoms with Gasteiger partial charge in [-0.2, -0.15) is 13.2 Å². The van der Waals surface area contributed by atoms with E-state index in [1.165, 1.54) is 0 Å². The van der Waals surface area contributed by atoms with Gasteiger partial charge in [0, 0.05) is 0 Å². The first kappa shape index (κ1) is 13.6. The Hall–Kier alpha value is -0.510. The quantitative estimate of drug-likeness (QED) is 0.741. The van der Waals surface area contributed by atoms with E-state index in [1.54, 1.807) is 0 Å². The summed E-state index contributed by atoms with van der Waals surface area (Å²) in [6, 6.07) is 0. The summed E-state index contributed by atoms with van der Waals surface area (Å²) in [7, 11) is 0. The molecular weight excluding hydrogens is 217 g/mol. The fraction of sp³-hybridized carbons (Fsp3) is 0.833. The van der Waals surface area contributed by atoms with E-state index in [1.807, 2.05) is 6.92 Å². The molecule has 0 aromatic carbocycles. The van der Waals surface area contributed by atoms with Gasteiger partial charge in [-0.05, 0) is 44.9 Å². The van der Waals surface area contributed by atoms with E-state index >= 15 is 0 Å². The molecule has 1 rings (SSSR count). The maximum absolute atomic E-state index is 12.4. The van der Waals surface area contributed by atoms with E-state index in [-0.39, 0.29) is 18.8 Å². The van der Waals surface area contributed by atoms with Crippen molar-refractivity contribution < 1.29 is 18.3 Å². The molecule has 1 aliphatic carbocycles. The minimum Gasteiger partial charge on any atom is -0.393 e. The van der Waals surface area contributed by atoms with Gasteiger partial charge in [0.2, 0.25) is 0 Å². The van der Waals surface area contributed by atoms with E-state index in [2.05, 4.69) is 6.58 Å². The molecule has 1 aliphatic rings. The lowest BCUT2D eigenvalue weighted by atomic mass is 9.78. The Morgan fingerprint density at radius 2 is 1.81 bits per heavy atom. The average molecular weight is 236 g/mol. The molecule has 16 heavy (non-hydrogen) atoms. The van der Waals surface area contributed by atoms with Crippen LogP contribution in [0.1, 0.15) is 39.0 Å².